The third-order valence-corrected chi connectivity index (χ3v) is 5.51. The third kappa shape index (κ3) is 3.74. The monoisotopic (exact) mass is 357 g/mol. The van der Waals surface area contributed by atoms with Crippen LogP contribution in [0.25, 0.3) is 0 Å². The van der Waals surface area contributed by atoms with Crippen LogP contribution in [-0.4, -0.2) is 71.7 Å². The lowest BCUT2D eigenvalue weighted by molar-refractivity contribution is -0.157. The summed E-state index contributed by atoms with van der Waals surface area (Å²) in [4.78, 5) is 41.7. The van der Waals surface area contributed by atoms with Crippen molar-refractivity contribution in [2.24, 2.45) is 0 Å². The molecular weight excluding hydrogens is 330 g/mol. The minimum absolute atomic E-state index is 0.00260. The number of likely N-dealkylation sites (N-methyl/N-ethyl adjacent to an activating group) is 1. The lowest BCUT2D eigenvalue weighted by atomic mass is 9.88. The number of hydrogen-bond acceptors (Lipinski definition) is 3. The summed E-state index contributed by atoms with van der Waals surface area (Å²) in [5.41, 5.74) is 2.55. The van der Waals surface area contributed by atoms with Gasteiger partial charge in [-0.05, 0) is 37.8 Å². The molecule has 0 saturated carbocycles. The van der Waals surface area contributed by atoms with Gasteiger partial charge in [-0.3, -0.25) is 14.4 Å². The van der Waals surface area contributed by atoms with E-state index in [2.05, 4.69) is 19.1 Å². The summed E-state index contributed by atoms with van der Waals surface area (Å²) in [5, 5.41) is 0. The number of rotatable bonds is 4. The van der Waals surface area contributed by atoms with E-state index in [-0.39, 0.29) is 12.5 Å². The van der Waals surface area contributed by atoms with Gasteiger partial charge in [0.25, 0.3) is 0 Å². The van der Waals surface area contributed by atoms with Crippen molar-refractivity contribution in [2.75, 3.05) is 39.3 Å². The number of aryl methyl sites for hydroxylation is 1. The van der Waals surface area contributed by atoms with Gasteiger partial charge in [-0.2, -0.15) is 0 Å². The van der Waals surface area contributed by atoms with Crippen molar-refractivity contribution in [3.8, 4) is 0 Å². The van der Waals surface area contributed by atoms with Gasteiger partial charge >= 0.3 is 11.8 Å². The van der Waals surface area contributed by atoms with Gasteiger partial charge in [0.1, 0.15) is 6.54 Å². The Balaban J connectivity index is 1.62. The first-order valence-electron chi connectivity index (χ1n) is 9.42. The van der Waals surface area contributed by atoms with Crippen molar-refractivity contribution in [1.29, 1.82) is 0 Å². The zero-order valence-electron chi connectivity index (χ0n) is 15.6. The first-order valence-corrected chi connectivity index (χ1v) is 9.42. The summed E-state index contributed by atoms with van der Waals surface area (Å²) in [6.07, 6.45) is 2.03. The second-order valence-electron chi connectivity index (χ2n) is 7.15. The van der Waals surface area contributed by atoms with Crippen LogP contribution < -0.4 is 0 Å². The maximum atomic E-state index is 12.7. The van der Waals surface area contributed by atoms with E-state index < -0.39 is 11.8 Å². The third-order valence-electron chi connectivity index (χ3n) is 5.51. The Labute approximate surface area is 154 Å². The maximum Gasteiger partial charge on any atom is 0.312 e. The van der Waals surface area contributed by atoms with E-state index in [1.54, 1.807) is 0 Å². The van der Waals surface area contributed by atoms with Gasteiger partial charge in [0.2, 0.25) is 5.91 Å². The van der Waals surface area contributed by atoms with Gasteiger partial charge < -0.3 is 14.7 Å². The Morgan fingerprint density at radius 3 is 2.50 bits per heavy atom. The average molecular weight is 357 g/mol. The number of carbonyl (C=O) groups excluding carboxylic acids is 3. The first kappa shape index (κ1) is 18.4. The molecule has 1 aromatic carbocycles. The summed E-state index contributed by atoms with van der Waals surface area (Å²) in [6, 6.07) is 8.32. The van der Waals surface area contributed by atoms with Crippen molar-refractivity contribution in [3.63, 3.8) is 0 Å². The van der Waals surface area contributed by atoms with Crippen LogP contribution in [0.15, 0.2) is 24.3 Å². The first-order chi connectivity index (χ1) is 12.5. The summed E-state index contributed by atoms with van der Waals surface area (Å²) >= 11 is 0. The molecule has 26 heavy (non-hydrogen) atoms. The van der Waals surface area contributed by atoms with Crippen LogP contribution in [0.4, 0.5) is 0 Å². The molecule has 2 aliphatic rings. The number of piperazine rings is 1. The fourth-order valence-corrected chi connectivity index (χ4v) is 3.93. The highest BCUT2D eigenvalue weighted by Gasteiger charge is 2.34. The zero-order chi connectivity index (χ0) is 18.7. The molecule has 0 unspecified atom stereocenters. The molecule has 2 saturated heterocycles. The molecule has 0 aliphatic carbocycles. The molecule has 0 bridgehead atoms. The highest BCUT2D eigenvalue weighted by Crippen LogP contribution is 2.29. The van der Waals surface area contributed by atoms with Crippen LogP contribution >= 0.6 is 0 Å². The number of amides is 3. The molecule has 6 heteroatoms. The van der Waals surface area contributed by atoms with Crippen molar-refractivity contribution in [2.45, 2.75) is 32.6 Å². The van der Waals surface area contributed by atoms with E-state index >= 15 is 0 Å². The number of piperidine rings is 1. The average Bonchev–Trinajstić information content (AvgIpc) is 2.66. The van der Waals surface area contributed by atoms with Gasteiger partial charge in [-0.25, -0.2) is 0 Å². The number of likely N-dealkylation sites (tertiary alicyclic amines) is 1. The minimum atomic E-state index is -0.557. The molecule has 1 aromatic rings. The zero-order valence-corrected chi connectivity index (χ0v) is 15.6. The van der Waals surface area contributed by atoms with Crippen LogP contribution in [0.2, 0.25) is 0 Å². The van der Waals surface area contributed by atoms with Crippen molar-refractivity contribution < 1.29 is 14.4 Å². The minimum Gasteiger partial charge on any atom is -0.341 e. The number of nitrogens with zero attached hydrogens (tertiary/aromatic N) is 3. The van der Waals surface area contributed by atoms with Crippen LogP contribution in [0.5, 0.6) is 0 Å². The van der Waals surface area contributed by atoms with Crippen molar-refractivity contribution >= 4 is 17.7 Å². The molecule has 2 heterocycles. The Bertz CT molecular complexity index is 703. The standard InChI is InChI=1S/C20H27N3O3/c1-3-21-11-12-23(20(26)19(21)25)14-18(24)22-10-6-8-16(13-22)17-9-5-4-7-15(17)2/h4-5,7,9,16H,3,6,8,10-14H2,1-2H3/t16-/m1/s1. The van der Waals surface area contributed by atoms with E-state index in [1.165, 1.54) is 20.9 Å². The second kappa shape index (κ2) is 7.89. The van der Waals surface area contributed by atoms with Crippen molar-refractivity contribution in [1.82, 2.24) is 14.7 Å². The molecule has 0 radical (unpaired) electrons. The number of hydrogen-bond donors (Lipinski definition) is 0. The maximum absolute atomic E-state index is 12.7. The number of carbonyl (C=O) groups is 3. The molecule has 0 N–H and O–H groups in total. The quantitative estimate of drug-likeness (QED) is 0.765. The van der Waals surface area contributed by atoms with Crippen LogP contribution in [-0.2, 0) is 14.4 Å². The van der Waals surface area contributed by atoms with Crippen LogP contribution in [0.1, 0.15) is 36.8 Å². The Kier molecular flexibility index (Phi) is 5.59. The van der Waals surface area contributed by atoms with Gasteiger partial charge in [-0.15, -0.1) is 0 Å². The largest absolute Gasteiger partial charge is 0.341 e. The molecule has 3 rings (SSSR count). The fraction of sp³-hybridized carbons (Fsp3) is 0.550. The van der Waals surface area contributed by atoms with Gasteiger partial charge in [0, 0.05) is 38.6 Å². The number of benzene rings is 1. The molecule has 3 amide bonds. The lowest BCUT2D eigenvalue weighted by Crippen LogP contribution is -2.56. The molecule has 0 aromatic heterocycles. The molecular formula is C20H27N3O3. The SMILES string of the molecule is CCN1CCN(CC(=O)N2CCC[C@@H](c3ccccc3C)C2)C(=O)C1=O. The lowest BCUT2D eigenvalue weighted by Gasteiger charge is -2.37. The molecule has 1 atom stereocenters. The highest BCUT2D eigenvalue weighted by molar-refractivity contribution is 6.35. The summed E-state index contributed by atoms with van der Waals surface area (Å²) in [6.45, 7) is 6.82. The van der Waals surface area contributed by atoms with Gasteiger partial charge in [0.15, 0.2) is 0 Å². The van der Waals surface area contributed by atoms with Gasteiger partial charge in [-0.1, -0.05) is 24.3 Å². The van der Waals surface area contributed by atoms with E-state index in [0.717, 1.165) is 19.4 Å². The van der Waals surface area contributed by atoms with Crippen LogP contribution in [0.3, 0.4) is 0 Å². The second-order valence-corrected chi connectivity index (χ2v) is 7.15. The van der Waals surface area contributed by atoms with E-state index in [1.807, 2.05) is 24.0 Å². The van der Waals surface area contributed by atoms with Crippen LogP contribution in [0, 0.1) is 6.92 Å². The fourth-order valence-electron chi connectivity index (χ4n) is 3.93. The summed E-state index contributed by atoms with van der Waals surface area (Å²) in [7, 11) is 0. The normalized spacial score (nSPS) is 21.3. The Morgan fingerprint density at radius 2 is 1.77 bits per heavy atom. The van der Waals surface area contributed by atoms with E-state index in [4.69, 9.17) is 0 Å². The molecule has 2 aliphatic heterocycles. The Morgan fingerprint density at radius 1 is 1.08 bits per heavy atom. The predicted octanol–water partition coefficient (Wildman–Crippen LogP) is 1.39. The molecule has 6 nitrogen and oxygen atoms in total. The summed E-state index contributed by atoms with van der Waals surface area (Å²) in [5.74, 6) is -0.778. The molecule has 0 spiro atoms. The molecule has 2 fully saturated rings. The van der Waals surface area contributed by atoms with E-state index in [0.29, 0.717) is 32.1 Å². The smallest absolute Gasteiger partial charge is 0.312 e. The van der Waals surface area contributed by atoms with Gasteiger partial charge in [0.05, 0.1) is 0 Å². The Hall–Kier alpha value is -2.37. The topological polar surface area (TPSA) is 60.9 Å². The predicted molar refractivity (Wildman–Crippen MR) is 98.6 cm³/mol. The summed E-state index contributed by atoms with van der Waals surface area (Å²) < 4.78 is 0. The van der Waals surface area contributed by atoms with Crippen molar-refractivity contribution in [3.05, 3.63) is 35.4 Å². The van der Waals surface area contributed by atoms with E-state index in [9.17, 15) is 14.4 Å². The highest BCUT2D eigenvalue weighted by atomic mass is 16.2. The molecule has 140 valence electrons.